The Labute approximate surface area is 145 Å². The summed E-state index contributed by atoms with van der Waals surface area (Å²) in [7, 11) is 0. The van der Waals surface area contributed by atoms with E-state index in [1.165, 1.54) is 0 Å². The first-order chi connectivity index (χ1) is 11.7. The summed E-state index contributed by atoms with van der Waals surface area (Å²) in [6.07, 6.45) is 3.57. The molecule has 3 aromatic rings. The van der Waals surface area contributed by atoms with Crippen LogP contribution in [0.4, 0.5) is 0 Å². The number of rotatable bonds is 5. The van der Waals surface area contributed by atoms with Gasteiger partial charge in [0.25, 0.3) is 0 Å². The fourth-order valence-electron chi connectivity index (χ4n) is 2.87. The smallest absolute Gasteiger partial charge is 0.216 e. The van der Waals surface area contributed by atoms with E-state index in [9.17, 15) is 5.11 Å². The number of benzene rings is 2. The van der Waals surface area contributed by atoms with Gasteiger partial charge in [-0.15, -0.1) is 0 Å². The molecule has 0 amide bonds. The minimum Gasteiger partial charge on any atom is -0.507 e. The van der Waals surface area contributed by atoms with E-state index >= 15 is 0 Å². The third-order valence-electron chi connectivity index (χ3n) is 4.28. The highest BCUT2D eigenvalue weighted by molar-refractivity contribution is 7.71. The Morgan fingerprint density at radius 3 is 2.75 bits per heavy atom. The summed E-state index contributed by atoms with van der Waals surface area (Å²) in [5.74, 6) is 1.30. The molecule has 2 N–H and O–H groups in total. The summed E-state index contributed by atoms with van der Waals surface area (Å²) >= 11 is 5.30. The molecule has 0 saturated heterocycles. The molecule has 124 valence electrons. The average molecular weight is 340 g/mol. The average Bonchev–Trinajstić information content (AvgIpc) is 2.96. The van der Waals surface area contributed by atoms with Crippen LogP contribution < -0.4 is 0 Å². The number of nitrogens with zero attached hydrogens (tertiary/aromatic N) is 3. The van der Waals surface area contributed by atoms with E-state index in [1.807, 2.05) is 30.3 Å². The van der Waals surface area contributed by atoms with Crippen LogP contribution in [0.2, 0.25) is 0 Å². The van der Waals surface area contributed by atoms with Gasteiger partial charge in [0.15, 0.2) is 5.82 Å². The Hall–Kier alpha value is -2.47. The van der Waals surface area contributed by atoms with Crippen LogP contribution in [0.3, 0.4) is 0 Å². The molecular weight excluding hydrogens is 320 g/mol. The van der Waals surface area contributed by atoms with Gasteiger partial charge in [-0.3, -0.25) is 5.10 Å². The Kier molecular flexibility index (Phi) is 4.76. The Balaban J connectivity index is 2.09. The molecule has 3 rings (SSSR count). The SMILES string of the molecule is CCC(CC)c1n[nH]c(=S)n1/N=C\c1c(O)ccc2ccccc12. The summed E-state index contributed by atoms with van der Waals surface area (Å²) in [6.45, 7) is 4.24. The van der Waals surface area contributed by atoms with Crippen molar-refractivity contribution in [3.63, 3.8) is 0 Å². The van der Waals surface area contributed by atoms with E-state index in [4.69, 9.17) is 12.2 Å². The second-order valence-corrected chi connectivity index (χ2v) is 6.06. The van der Waals surface area contributed by atoms with Crippen LogP contribution in [0.5, 0.6) is 5.75 Å². The third kappa shape index (κ3) is 2.97. The van der Waals surface area contributed by atoms with Crippen LogP contribution in [-0.4, -0.2) is 26.2 Å². The van der Waals surface area contributed by atoms with Crippen molar-refractivity contribution in [2.75, 3.05) is 0 Å². The number of H-pyrrole nitrogens is 1. The molecule has 0 spiro atoms. The third-order valence-corrected chi connectivity index (χ3v) is 4.54. The molecular formula is C18H20N4OS. The number of fused-ring (bicyclic) bond motifs is 1. The van der Waals surface area contributed by atoms with Gasteiger partial charge >= 0.3 is 0 Å². The number of hydrogen-bond donors (Lipinski definition) is 2. The van der Waals surface area contributed by atoms with Crippen molar-refractivity contribution in [2.45, 2.75) is 32.6 Å². The molecule has 0 unspecified atom stereocenters. The highest BCUT2D eigenvalue weighted by Crippen LogP contribution is 2.26. The zero-order chi connectivity index (χ0) is 17.1. The maximum Gasteiger partial charge on any atom is 0.216 e. The normalized spacial score (nSPS) is 11.8. The van der Waals surface area contributed by atoms with Crippen LogP contribution in [-0.2, 0) is 0 Å². The van der Waals surface area contributed by atoms with Crippen LogP contribution >= 0.6 is 12.2 Å². The number of nitrogens with one attached hydrogen (secondary N) is 1. The van der Waals surface area contributed by atoms with Gasteiger partial charge in [-0.25, -0.2) is 0 Å². The standard InChI is InChI=1S/C18H20N4OS/c1-3-12(4-2)17-20-21-18(24)22(17)19-11-15-14-8-6-5-7-13(14)9-10-16(15)23/h5-12,23H,3-4H2,1-2H3,(H,21,24)/b19-11-. The molecule has 6 heteroatoms. The van der Waals surface area contributed by atoms with Crippen LogP contribution in [0.15, 0.2) is 41.5 Å². The van der Waals surface area contributed by atoms with Crippen LogP contribution in [0.25, 0.3) is 10.8 Å². The fraction of sp³-hybridized carbons (Fsp3) is 0.278. The number of aromatic hydroxyl groups is 1. The summed E-state index contributed by atoms with van der Waals surface area (Å²) in [5, 5.41) is 23.9. The van der Waals surface area contributed by atoms with Gasteiger partial charge in [0, 0.05) is 11.5 Å². The minimum absolute atomic E-state index is 0.191. The van der Waals surface area contributed by atoms with E-state index in [0.717, 1.165) is 29.4 Å². The van der Waals surface area contributed by atoms with Gasteiger partial charge in [-0.2, -0.15) is 14.9 Å². The van der Waals surface area contributed by atoms with E-state index in [1.54, 1.807) is 17.0 Å². The second-order valence-electron chi connectivity index (χ2n) is 5.68. The Morgan fingerprint density at radius 2 is 2.00 bits per heavy atom. The highest BCUT2D eigenvalue weighted by Gasteiger charge is 2.15. The topological polar surface area (TPSA) is 66.2 Å². The summed E-state index contributed by atoms with van der Waals surface area (Å²) in [4.78, 5) is 0. The van der Waals surface area contributed by atoms with Crippen molar-refractivity contribution in [2.24, 2.45) is 5.10 Å². The molecule has 0 atom stereocenters. The van der Waals surface area contributed by atoms with Crippen molar-refractivity contribution in [3.05, 3.63) is 52.6 Å². The van der Waals surface area contributed by atoms with Gasteiger partial charge in [-0.05, 0) is 41.9 Å². The van der Waals surface area contributed by atoms with E-state index in [0.29, 0.717) is 10.3 Å². The van der Waals surface area contributed by atoms with Gasteiger partial charge in [0.1, 0.15) is 5.75 Å². The first-order valence-electron chi connectivity index (χ1n) is 8.08. The molecule has 0 fully saturated rings. The van der Waals surface area contributed by atoms with E-state index in [-0.39, 0.29) is 11.7 Å². The zero-order valence-corrected chi connectivity index (χ0v) is 14.5. The van der Waals surface area contributed by atoms with Crippen molar-refractivity contribution in [1.29, 1.82) is 0 Å². The van der Waals surface area contributed by atoms with Gasteiger partial charge in [0.05, 0.1) is 6.21 Å². The molecule has 0 radical (unpaired) electrons. The Morgan fingerprint density at radius 1 is 1.25 bits per heavy atom. The molecule has 0 saturated carbocycles. The number of aromatic nitrogens is 3. The first kappa shape index (κ1) is 16.4. The maximum absolute atomic E-state index is 10.2. The fourth-order valence-corrected chi connectivity index (χ4v) is 3.06. The summed E-state index contributed by atoms with van der Waals surface area (Å²) < 4.78 is 2.10. The number of phenolic OH excluding ortho intramolecular Hbond substituents is 1. The zero-order valence-electron chi connectivity index (χ0n) is 13.7. The first-order valence-corrected chi connectivity index (χ1v) is 8.48. The quantitative estimate of drug-likeness (QED) is 0.527. The van der Waals surface area contributed by atoms with Gasteiger partial charge in [-0.1, -0.05) is 44.2 Å². The molecule has 1 aromatic heterocycles. The molecule has 0 aliphatic carbocycles. The molecule has 1 heterocycles. The predicted octanol–water partition coefficient (Wildman–Crippen LogP) is 4.59. The van der Waals surface area contributed by atoms with Crippen LogP contribution in [0.1, 0.15) is 44.0 Å². The van der Waals surface area contributed by atoms with E-state index in [2.05, 4.69) is 29.1 Å². The number of phenols is 1. The lowest BCUT2D eigenvalue weighted by Gasteiger charge is -2.10. The summed E-state index contributed by atoms with van der Waals surface area (Å²) in [6, 6.07) is 11.5. The van der Waals surface area contributed by atoms with Gasteiger partial charge in [0.2, 0.25) is 4.77 Å². The van der Waals surface area contributed by atoms with Crippen LogP contribution in [0, 0.1) is 4.77 Å². The number of aromatic amines is 1. The van der Waals surface area contributed by atoms with Crippen molar-refractivity contribution >= 4 is 29.2 Å². The Bertz CT molecular complexity index is 938. The van der Waals surface area contributed by atoms with Crippen molar-refractivity contribution in [3.8, 4) is 5.75 Å². The molecule has 0 bridgehead atoms. The monoisotopic (exact) mass is 340 g/mol. The molecule has 5 nitrogen and oxygen atoms in total. The van der Waals surface area contributed by atoms with Crippen molar-refractivity contribution < 1.29 is 5.11 Å². The lowest BCUT2D eigenvalue weighted by molar-refractivity contribution is 0.475. The summed E-state index contributed by atoms with van der Waals surface area (Å²) in [5.41, 5.74) is 0.673. The number of hydrogen-bond acceptors (Lipinski definition) is 4. The highest BCUT2D eigenvalue weighted by atomic mass is 32.1. The second kappa shape index (κ2) is 6.97. The lowest BCUT2D eigenvalue weighted by Crippen LogP contribution is -2.05. The van der Waals surface area contributed by atoms with Gasteiger partial charge < -0.3 is 5.11 Å². The minimum atomic E-state index is 0.191. The maximum atomic E-state index is 10.2. The molecule has 0 aliphatic rings. The molecule has 0 aliphatic heterocycles. The molecule has 2 aromatic carbocycles. The predicted molar refractivity (Wildman–Crippen MR) is 99.3 cm³/mol. The van der Waals surface area contributed by atoms with Crippen molar-refractivity contribution in [1.82, 2.24) is 14.9 Å². The molecule has 24 heavy (non-hydrogen) atoms. The van der Waals surface area contributed by atoms with E-state index < -0.39 is 0 Å². The largest absolute Gasteiger partial charge is 0.507 e. The lowest BCUT2D eigenvalue weighted by atomic mass is 10.0.